The quantitative estimate of drug-likeness (QED) is 0.472. The maximum absolute atomic E-state index is 5.98. The highest BCUT2D eigenvalue weighted by Gasteiger charge is 2.13. The van der Waals surface area contributed by atoms with Crippen LogP contribution in [0.15, 0.2) is 48.5 Å². The van der Waals surface area contributed by atoms with Crippen LogP contribution in [0.1, 0.15) is 11.1 Å². The van der Waals surface area contributed by atoms with E-state index in [9.17, 15) is 0 Å². The Morgan fingerprint density at radius 1 is 0.750 bits per heavy atom. The second-order valence-electron chi connectivity index (χ2n) is 5.23. The molecule has 0 fully saturated rings. The summed E-state index contributed by atoms with van der Waals surface area (Å²) in [6.07, 6.45) is 0. The lowest BCUT2D eigenvalue weighted by atomic mass is 10.2. The fourth-order valence-electron chi connectivity index (χ4n) is 2.13. The summed E-state index contributed by atoms with van der Waals surface area (Å²) in [5, 5.41) is 0. The van der Waals surface area contributed by atoms with Crippen molar-refractivity contribution >= 4 is 20.9 Å². The molecule has 0 saturated heterocycles. The number of methoxy groups -OCH3 is 2. The van der Waals surface area contributed by atoms with Crippen molar-refractivity contribution in [2.24, 2.45) is 0 Å². The van der Waals surface area contributed by atoms with Gasteiger partial charge in [0, 0.05) is 11.9 Å². The van der Waals surface area contributed by atoms with Crippen LogP contribution in [0, 0.1) is 0 Å². The van der Waals surface area contributed by atoms with E-state index in [4.69, 9.17) is 29.9 Å². The van der Waals surface area contributed by atoms with Gasteiger partial charge in [0.1, 0.15) is 11.5 Å². The van der Waals surface area contributed by atoms with E-state index in [1.165, 1.54) is 0 Å². The van der Waals surface area contributed by atoms with E-state index in [-0.39, 0.29) is 0 Å². The normalized spacial score (nSPS) is 10.8. The fourth-order valence-corrected chi connectivity index (χ4v) is 4.02. The van der Waals surface area contributed by atoms with E-state index < -0.39 is 9.28 Å². The van der Waals surface area contributed by atoms with Gasteiger partial charge >= 0.3 is 9.28 Å². The highest BCUT2D eigenvalue weighted by Crippen LogP contribution is 2.15. The van der Waals surface area contributed by atoms with Crippen molar-refractivity contribution in [3.63, 3.8) is 0 Å². The van der Waals surface area contributed by atoms with Crippen LogP contribution in [0.5, 0.6) is 11.5 Å². The minimum atomic E-state index is -1.81. The van der Waals surface area contributed by atoms with Crippen molar-refractivity contribution in [1.29, 1.82) is 0 Å². The van der Waals surface area contributed by atoms with Crippen LogP contribution in [0.25, 0.3) is 0 Å². The Morgan fingerprint density at radius 3 is 1.50 bits per heavy atom. The van der Waals surface area contributed by atoms with Crippen LogP contribution >= 0.6 is 11.6 Å². The fraction of sp³-hybridized carbons (Fsp3) is 0.333. The monoisotopic (exact) mass is 366 g/mol. The Hall–Kier alpha value is -1.53. The van der Waals surface area contributed by atoms with E-state index in [2.05, 4.69) is 0 Å². The van der Waals surface area contributed by atoms with E-state index in [1.807, 2.05) is 48.5 Å². The molecule has 0 N–H and O–H groups in total. The third kappa shape index (κ3) is 6.17. The molecule has 4 nitrogen and oxygen atoms in total. The summed E-state index contributed by atoms with van der Waals surface area (Å²) in [6.45, 7) is 1.06. The van der Waals surface area contributed by atoms with Gasteiger partial charge in [-0.3, -0.25) is 0 Å². The van der Waals surface area contributed by atoms with Crippen molar-refractivity contribution in [2.45, 2.75) is 19.3 Å². The minimum Gasteiger partial charge on any atom is -0.497 e. The molecular formula is C18H23ClO4Si. The van der Waals surface area contributed by atoms with Gasteiger partial charge in [0.25, 0.3) is 0 Å². The Balaban J connectivity index is 1.83. The average molecular weight is 367 g/mol. The number of rotatable bonds is 10. The molecule has 130 valence electrons. The molecule has 0 unspecified atom stereocenters. The van der Waals surface area contributed by atoms with Crippen LogP contribution < -0.4 is 9.47 Å². The van der Waals surface area contributed by atoms with Crippen molar-refractivity contribution in [2.75, 3.05) is 20.1 Å². The van der Waals surface area contributed by atoms with Gasteiger partial charge in [0.05, 0.1) is 27.4 Å². The van der Waals surface area contributed by atoms with Gasteiger partial charge in [0.15, 0.2) is 0 Å². The zero-order chi connectivity index (χ0) is 17.2. The standard InChI is InChI=1S/C18H23ClO4Si/c1-20-17-7-3-15(4-8-17)13-22-24(12-11-19)23-14-16-5-9-18(21-2)10-6-16/h3-10,24H,11-14H2,1-2H3. The van der Waals surface area contributed by atoms with Crippen molar-refractivity contribution in [3.8, 4) is 11.5 Å². The third-order valence-electron chi connectivity index (χ3n) is 3.53. The van der Waals surface area contributed by atoms with Crippen LogP contribution in [0.3, 0.4) is 0 Å². The summed E-state index contributed by atoms with van der Waals surface area (Å²) in [5.74, 6) is 2.22. The number of hydrogen-bond donors (Lipinski definition) is 0. The first-order valence-corrected chi connectivity index (χ1v) is 10.1. The maximum atomic E-state index is 5.98. The number of alkyl halides is 1. The van der Waals surface area contributed by atoms with Gasteiger partial charge in [-0.2, -0.15) is 0 Å². The molecule has 0 bridgehead atoms. The van der Waals surface area contributed by atoms with E-state index in [0.717, 1.165) is 28.7 Å². The zero-order valence-corrected chi connectivity index (χ0v) is 15.9. The molecule has 0 radical (unpaired) electrons. The Kier molecular flexibility index (Phi) is 8.11. The number of halogens is 1. The molecule has 0 aliphatic carbocycles. The molecule has 24 heavy (non-hydrogen) atoms. The summed E-state index contributed by atoms with van der Waals surface area (Å²) >= 11 is 5.88. The number of benzene rings is 2. The first kappa shape index (κ1) is 18.8. The number of ether oxygens (including phenoxy) is 2. The highest BCUT2D eigenvalue weighted by molar-refractivity contribution is 6.46. The van der Waals surface area contributed by atoms with E-state index >= 15 is 0 Å². The lowest BCUT2D eigenvalue weighted by molar-refractivity contribution is 0.182. The second kappa shape index (κ2) is 10.4. The zero-order valence-electron chi connectivity index (χ0n) is 14.0. The Bertz CT molecular complexity index is 537. The molecule has 0 amide bonds. The first-order chi connectivity index (χ1) is 11.7. The van der Waals surface area contributed by atoms with Crippen LogP contribution in [0.2, 0.25) is 6.04 Å². The molecule has 0 saturated carbocycles. The van der Waals surface area contributed by atoms with E-state index in [0.29, 0.717) is 19.1 Å². The second-order valence-corrected chi connectivity index (χ2v) is 7.71. The van der Waals surface area contributed by atoms with Gasteiger partial charge in [-0.05, 0) is 35.4 Å². The summed E-state index contributed by atoms with van der Waals surface area (Å²) < 4.78 is 22.3. The third-order valence-corrected chi connectivity index (χ3v) is 5.96. The predicted molar refractivity (Wildman–Crippen MR) is 98.2 cm³/mol. The van der Waals surface area contributed by atoms with Crippen molar-refractivity contribution in [1.82, 2.24) is 0 Å². The molecule has 0 heterocycles. The topological polar surface area (TPSA) is 36.9 Å². The summed E-state index contributed by atoms with van der Waals surface area (Å²) in [4.78, 5) is 0. The van der Waals surface area contributed by atoms with Crippen molar-refractivity contribution in [3.05, 3.63) is 59.7 Å². The van der Waals surface area contributed by atoms with Gasteiger partial charge in [0.2, 0.25) is 0 Å². The largest absolute Gasteiger partial charge is 0.497 e. The lowest BCUT2D eigenvalue weighted by Crippen LogP contribution is -2.23. The Labute approximate surface area is 150 Å². The molecule has 0 aliphatic rings. The van der Waals surface area contributed by atoms with Gasteiger partial charge < -0.3 is 18.3 Å². The van der Waals surface area contributed by atoms with Gasteiger partial charge in [-0.15, -0.1) is 11.6 Å². The first-order valence-electron chi connectivity index (χ1n) is 7.80. The smallest absolute Gasteiger partial charge is 0.323 e. The molecule has 0 aliphatic heterocycles. The molecule has 2 aromatic rings. The molecular weight excluding hydrogens is 344 g/mol. The summed E-state index contributed by atoms with van der Waals surface area (Å²) in [5.41, 5.74) is 2.19. The van der Waals surface area contributed by atoms with Crippen LogP contribution in [-0.2, 0) is 22.1 Å². The summed E-state index contributed by atoms with van der Waals surface area (Å²) in [7, 11) is 1.50. The minimum absolute atomic E-state index is 0.528. The molecule has 2 rings (SSSR count). The van der Waals surface area contributed by atoms with Crippen LogP contribution in [-0.4, -0.2) is 29.4 Å². The highest BCUT2D eigenvalue weighted by atomic mass is 35.5. The van der Waals surface area contributed by atoms with E-state index in [1.54, 1.807) is 14.2 Å². The molecule has 0 atom stereocenters. The van der Waals surface area contributed by atoms with Crippen LogP contribution in [0.4, 0.5) is 0 Å². The molecule has 0 spiro atoms. The molecule has 0 aromatic heterocycles. The maximum Gasteiger partial charge on any atom is 0.323 e. The summed E-state index contributed by atoms with van der Waals surface area (Å²) in [6, 6.07) is 16.5. The SMILES string of the molecule is COc1ccc(CO[SiH](CCCl)OCc2ccc(OC)cc2)cc1. The number of hydrogen-bond acceptors (Lipinski definition) is 4. The Morgan fingerprint density at radius 2 is 1.17 bits per heavy atom. The molecule has 6 heteroatoms. The molecule has 2 aromatic carbocycles. The average Bonchev–Trinajstić information content (AvgIpc) is 2.65. The predicted octanol–water partition coefficient (Wildman–Crippen LogP) is 3.90. The van der Waals surface area contributed by atoms with Crippen molar-refractivity contribution < 1.29 is 18.3 Å². The lowest BCUT2D eigenvalue weighted by Gasteiger charge is -2.16. The van der Waals surface area contributed by atoms with Gasteiger partial charge in [-0.1, -0.05) is 24.3 Å². The van der Waals surface area contributed by atoms with Gasteiger partial charge in [-0.25, -0.2) is 0 Å².